The summed E-state index contributed by atoms with van der Waals surface area (Å²) in [7, 11) is 0. The minimum absolute atomic E-state index is 0.719. The van der Waals surface area contributed by atoms with Gasteiger partial charge in [0.15, 0.2) is 0 Å². The zero-order valence-electron chi connectivity index (χ0n) is 12.5. The Balaban J connectivity index is 1.99. The predicted octanol–water partition coefficient (Wildman–Crippen LogP) is 5.59. The minimum atomic E-state index is 0.719. The monoisotopic (exact) mass is 287 g/mol. The summed E-state index contributed by atoms with van der Waals surface area (Å²) < 4.78 is 0. The van der Waals surface area contributed by atoms with Crippen LogP contribution in [0.1, 0.15) is 44.6 Å². The van der Waals surface area contributed by atoms with Crippen LogP contribution in [0.5, 0.6) is 0 Å². The van der Waals surface area contributed by atoms with E-state index < -0.39 is 0 Å². The van der Waals surface area contributed by atoms with Gasteiger partial charge < -0.3 is 0 Å². The van der Waals surface area contributed by atoms with E-state index in [1.54, 1.807) is 0 Å². The zero-order valence-corrected chi connectivity index (χ0v) is 13.3. The zero-order chi connectivity index (χ0) is 14.6. The van der Waals surface area contributed by atoms with E-state index >= 15 is 0 Å². The maximum absolute atomic E-state index is 8.63. The Bertz CT molecular complexity index is 419. The molecule has 1 atom stereocenters. The fourth-order valence-electron chi connectivity index (χ4n) is 2.08. The largest absolute Gasteiger partial charge is 0.193 e. The standard InChI is InChI=1S/C18H25NS/c1-16(8-6-7-9-17(2)14-19)12-13-20-15-18-10-4-3-5-11-18/h3-5,10-11,16H,2,6-9,12-13,15H2,1H3. The van der Waals surface area contributed by atoms with Gasteiger partial charge >= 0.3 is 0 Å². The average Bonchev–Trinajstić information content (AvgIpc) is 2.49. The van der Waals surface area contributed by atoms with Crippen molar-refractivity contribution < 1.29 is 0 Å². The predicted molar refractivity (Wildman–Crippen MR) is 89.6 cm³/mol. The maximum atomic E-state index is 8.63. The molecule has 0 aliphatic heterocycles. The smallest absolute Gasteiger partial charge is 0.0940 e. The van der Waals surface area contributed by atoms with Gasteiger partial charge in [-0.2, -0.15) is 17.0 Å². The summed E-state index contributed by atoms with van der Waals surface area (Å²) in [5.41, 5.74) is 2.14. The summed E-state index contributed by atoms with van der Waals surface area (Å²) in [6.07, 6.45) is 5.74. The Morgan fingerprint density at radius 1 is 1.25 bits per heavy atom. The van der Waals surface area contributed by atoms with Crippen molar-refractivity contribution in [3.8, 4) is 6.07 Å². The van der Waals surface area contributed by atoms with Crippen molar-refractivity contribution in [3.05, 3.63) is 48.0 Å². The molecule has 0 aliphatic rings. The van der Waals surface area contributed by atoms with E-state index in [0.29, 0.717) is 0 Å². The molecule has 2 heteroatoms. The van der Waals surface area contributed by atoms with Crippen molar-refractivity contribution in [2.24, 2.45) is 5.92 Å². The number of unbranched alkanes of at least 4 members (excludes halogenated alkanes) is 1. The lowest BCUT2D eigenvalue weighted by Gasteiger charge is -2.10. The Morgan fingerprint density at radius 2 is 2.00 bits per heavy atom. The van der Waals surface area contributed by atoms with Crippen molar-refractivity contribution in [1.82, 2.24) is 0 Å². The molecule has 0 radical (unpaired) electrons. The number of benzene rings is 1. The summed E-state index contributed by atoms with van der Waals surface area (Å²) >= 11 is 2.03. The average molecular weight is 287 g/mol. The first-order valence-corrected chi connectivity index (χ1v) is 8.57. The van der Waals surface area contributed by atoms with Gasteiger partial charge in [-0.1, -0.05) is 56.7 Å². The second-order valence-corrected chi connectivity index (χ2v) is 6.50. The number of nitriles is 1. The first kappa shape index (κ1) is 16.9. The van der Waals surface area contributed by atoms with Gasteiger partial charge in [0.05, 0.1) is 6.07 Å². The van der Waals surface area contributed by atoms with Crippen LogP contribution in [0.15, 0.2) is 42.5 Å². The molecule has 0 N–H and O–H groups in total. The molecule has 0 spiro atoms. The van der Waals surface area contributed by atoms with E-state index in [-0.39, 0.29) is 0 Å². The minimum Gasteiger partial charge on any atom is -0.193 e. The molecular weight excluding hydrogens is 262 g/mol. The van der Waals surface area contributed by atoms with Gasteiger partial charge in [-0.25, -0.2) is 0 Å². The number of allylic oxidation sites excluding steroid dienone is 1. The highest BCUT2D eigenvalue weighted by Crippen LogP contribution is 2.19. The molecule has 1 aromatic rings. The van der Waals surface area contributed by atoms with Gasteiger partial charge in [0.1, 0.15) is 0 Å². The number of hydrogen-bond acceptors (Lipinski definition) is 2. The van der Waals surface area contributed by atoms with Crippen molar-refractivity contribution in [2.75, 3.05) is 5.75 Å². The number of thioether (sulfide) groups is 1. The van der Waals surface area contributed by atoms with Gasteiger partial charge in [-0.3, -0.25) is 0 Å². The Labute approximate surface area is 128 Å². The lowest BCUT2D eigenvalue weighted by molar-refractivity contribution is 0.488. The topological polar surface area (TPSA) is 23.8 Å². The van der Waals surface area contributed by atoms with Crippen molar-refractivity contribution in [2.45, 2.75) is 44.8 Å². The summed E-state index contributed by atoms with van der Waals surface area (Å²) in [6.45, 7) is 6.05. The molecule has 0 bridgehead atoms. The van der Waals surface area contributed by atoms with Crippen LogP contribution >= 0.6 is 11.8 Å². The Kier molecular flexibility index (Phi) is 8.91. The quantitative estimate of drug-likeness (QED) is 0.414. The Morgan fingerprint density at radius 3 is 2.70 bits per heavy atom. The molecule has 0 aromatic heterocycles. The third-order valence-electron chi connectivity index (χ3n) is 3.45. The second-order valence-electron chi connectivity index (χ2n) is 5.39. The molecule has 1 nitrogen and oxygen atoms in total. The molecule has 1 aromatic carbocycles. The van der Waals surface area contributed by atoms with Crippen molar-refractivity contribution in [1.29, 1.82) is 5.26 Å². The lowest BCUT2D eigenvalue weighted by Crippen LogP contribution is -1.97. The maximum Gasteiger partial charge on any atom is 0.0940 e. The highest BCUT2D eigenvalue weighted by atomic mass is 32.2. The van der Waals surface area contributed by atoms with E-state index in [1.165, 1.54) is 30.6 Å². The molecule has 0 saturated heterocycles. The van der Waals surface area contributed by atoms with E-state index in [0.717, 1.165) is 30.1 Å². The van der Waals surface area contributed by atoms with Crippen LogP contribution in [0.25, 0.3) is 0 Å². The molecule has 1 rings (SSSR count). The lowest BCUT2D eigenvalue weighted by atomic mass is 10.00. The number of rotatable bonds is 10. The summed E-state index contributed by atoms with van der Waals surface area (Å²) in [6, 6.07) is 12.8. The normalized spacial score (nSPS) is 11.8. The van der Waals surface area contributed by atoms with E-state index in [1.807, 2.05) is 11.8 Å². The number of nitrogens with zero attached hydrogens (tertiary/aromatic N) is 1. The highest BCUT2D eigenvalue weighted by Gasteiger charge is 2.03. The van der Waals surface area contributed by atoms with Crippen LogP contribution in [0.4, 0.5) is 0 Å². The summed E-state index contributed by atoms with van der Waals surface area (Å²) in [4.78, 5) is 0. The fraction of sp³-hybridized carbons (Fsp3) is 0.500. The van der Waals surface area contributed by atoms with Crippen LogP contribution in [-0.4, -0.2) is 5.75 Å². The molecule has 1 unspecified atom stereocenters. The van der Waals surface area contributed by atoms with Crippen LogP contribution in [-0.2, 0) is 5.75 Å². The first-order chi connectivity index (χ1) is 9.72. The Hall–Kier alpha value is -1.20. The van der Waals surface area contributed by atoms with Crippen molar-refractivity contribution >= 4 is 11.8 Å². The molecule has 108 valence electrons. The van der Waals surface area contributed by atoms with Gasteiger partial charge in [-0.15, -0.1) is 0 Å². The van der Waals surface area contributed by atoms with Crippen molar-refractivity contribution in [3.63, 3.8) is 0 Å². The first-order valence-electron chi connectivity index (χ1n) is 7.42. The second kappa shape index (κ2) is 10.6. The third-order valence-corrected chi connectivity index (χ3v) is 4.51. The van der Waals surface area contributed by atoms with E-state index in [2.05, 4.69) is 49.9 Å². The molecule has 0 saturated carbocycles. The molecular formula is C18H25NS. The van der Waals surface area contributed by atoms with Gasteiger partial charge in [0.2, 0.25) is 0 Å². The third kappa shape index (κ3) is 8.07. The summed E-state index contributed by atoms with van der Waals surface area (Å²) in [5, 5.41) is 8.63. The van der Waals surface area contributed by atoms with Gasteiger partial charge in [0.25, 0.3) is 0 Å². The number of hydrogen-bond donors (Lipinski definition) is 0. The molecule has 20 heavy (non-hydrogen) atoms. The molecule has 0 aliphatic carbocycles. The van der Waals surface area contributed by atoms with Crippen LogP contribution < -0.4 is 0 Å². The molecule has 0 amide bonds. The van der Waals surface area contributed by atoms with Crippen LogP contribution in [0.2, 0.25) is 0 Å². The van der Waals surface area contributed by atoms with E-state index in [4.69, 9.17) is 5.26 Å². The van der Waals surface area contributed by atoms with Gasteiger partial charge in [-0.05, 0) is 36.5 Å². The highest BCUT2D eigenvalue weighted by molar-refractivity contribution is 7.98. The summed E-state index contributed by atoms with van der Waals surface area (Å²) in [5.74, 6) is 3.14. The van der Waals surface area contributed by atoms with Crippen LogP contribution in [0.3, 0.4) is 0 Å². The fourth-order valence-corrected chi connectivity index (χ4v) is 3.22. The van der Waals surface area contributed by atoms with Crippen LogP contribution in [0, 0.1) is 17.2 Å². The SMILES string of the molecule is C=C(C#N)CCCCC(C)CCSCc1ccccc1. The van der Waals surface area contributed by atoms with E-state index in [9.17, 15) is 0 Å². The van der Waals surface area contributed by atoms with Gasteiger partial charge in [0, 0.05) is 11.3 Å². The molecule has 0 heterocycles. The molecule has 0 fully saturated rings.